The van der Waals surface area contributed by atoms with Gasteiger partial charge in [-0.3, -0.25) is 0 Å². The summed E-state index contributed by atoms with van der Waals surface area (Å²) in [5, 5.41) is 0. The molecule has 1 unspecified atom stereocenters. The maximum atomic E-state index is 6.32. The Balaban J connectivity index is 2.29. The first kappa shape index (κ1) is 21.4. The molecule has 30 heavy (non-hydrogen) atoms. The van der Waals surface area contributed by atoms with Gasteiger partial charge in [-0.15, -0.1) is 0 Å². The van der Waals surface area contributed by atoms with Crippen LogP contribution in [0.5, 0.6) is 23.0 Å². The molecule has 0 bridgehead atoms. The Morgan fingerprint density at radius 3 is 1.87 bits per heavy atom. The highest BCUT2D eigenvalue weighted by Crippen LogP contribution is 2.46. The number of methoxy groups -OCH3 is 3. The first-order valence-electron chi connectivity index (χ1n) is 9.88. The van der Waals surface area contributed by atoms with E-state index in [1.807, 2.05) is 49.4 Å². The van der Waals surface area contributed by atoms with E-state index >= 15 is 0 Å². The van der Waals surface area contributed by atoms with Gasteiger partial charge < -0.3 is 24.7 Å². The molecule has 0 fully saturated rings. The fourth-order valence-electron chi connectivity index (χ4n) is 3.79. The Morgan fingerprint density at radius 1 is 0.733 bits per heavy atom. The minimum Gasteiger partial charge on any atom is -0.493 e. The van der Waals surface area contributed by atoms with Crippen LogP contribution in [0.15, 0.2) is 60.7 Å². The van der Waals surface area contributed by atoms with Crippen LogP contribution in [0.2, 0.25) is 0 Å². The van der Waals surface area contributed by atoms with Crippen LogP contribution in [0.4, 0.5) is 5.69 Å². The van der Waals surface area contributed by atoms with Crippen molar-refractivity contribution in [3.05, 3.63) is 77.4 Å². The quantitative estimate of drug-likeness (QED) is 0.418. The summed E-state index contributed by atoms with van der Waals surface area (Å²) < 4.78 is 22.4. The number of ether oxygens (including phenoxy) is 4. The topological polar surface area (TPSA) is 62.9 Å². The zero-order valence-corrected chi connectivity index (χ0v) is 18.2. The zero-order chi connectivity index (χ0) is 21.7. The molecule has 0 aromatic heterocycles. The van der Waals surface area contributed by atoms with E-state index in [-0.39, 0.29) is 0 Å². The third-order valence-electron chi connectivity index (χ3n) is 5.48. The normalized spacial score (nSPS) is 12.7. The van der Waals surface area contributed by atoms with Crippen molar-refractivity contribution in [2.24, 2.45) is 0 Å². The number of nitrogens with two attached hydrogens (primary N) is 1. The second-order valence-corrected chi connectivity index (χ2v) is 7.09. The minimum atomic E-state index is -0.521. The summed E-state index contributed by atoms with van der Waals surface area (Å²) in [5.41, 5.74) is 9.54. The van der Waals surface area contributed by atoms with Gasteiger partial charge in [-0.2, -0.15) is 0 Å². The second kappa shape index (κ2) is 8.99. The van der Waals surface area contributed by atoms with Gasteiger partial charge in [0.25, 0.3) is 0 Å². The molecule has 5 heteroatoms. The fourth-order valence-corrected chi connectivity index (χ4v) is 3.79. The van der Waals surface area contributed by atoms with Crippen molar-refractivity contribution in [1.29, 1.82) is 0 Å². The van der Waals surface area contributed by atoms with Crippen LogP contribution in [0.25, 0.3) is 0 Å². The molecule has 0 spiro atoms. The standard InChI is InChI=1S/C25H29NO4/c1-6-30-21-13-12-18(14-20(21)26)25(2,17-10-8-7-9-11-17)19-15-22(27-3)24(29-5)23(16-19)28-4/h7-16H,6,26H2,1-5H3. The summed E-state index contributed by atoms with van der Waals surface area (Å²) in [6, 6.07) is 20.2. The average molecular weight is 408 g/mol. The molecule has 0 amide bonds. The molecule has 0 aliphatic carbocycles. The third kappa shape index (κ3) is 3.75. The van der Waals surface area contributed by atoms with E-state index in [0.717, 1.165) is 16.7 Å². The molecule has 0 radical (unpaired) electrons. The first-order chi connectivity index (χ1) is 14.5. The van der Waals surface area contributed by atoms with Crippen molar-refractivity contribution in [2.75, 3.05) is 33.7 Å². The van der Waals surface area contributed by atoms with Crippen LogP contribution in [0.3, 0.4) is 0 Å². The predicted octanol–water partition coefficient (Wildman–Crippen LogP) is 5.05. The van der Waals surface area contributed by atoms with Crippen molar-refractivity contribution in [2.45, 2.75) is 19.3 Å². The van der Waals surface area contributed by atoms with Crippen molar-refractivity contribution in [3.8, 4) is 23.0 Å². The van der Waals surface area contributed by atoms with Gasteiger partial charge in [0.15, 0.2) is 11.5 Å². The monoisotopic (exact) mass is 407 g/mol. The first-order valence-corrected chi connectivity index (χ1v) is 9.88. The molecule has 5 nitrogen and oxygen atoms in total. The van der Waals surface area contributed by atoms with E-state index in [4.69, 9.17) is 24.7 Å². The lowest BCUT2D eigenvalue weighted by Crippen LogP contribution is -2.26. The van der Waals surface area contributed by atoms with Gasteiger partial charge >= 0.3 is 0 Å². The van der Waals surface area contributed by atoms with Gasteiger partial charge in [0.2, 0.25) is 5.75 Å². The van der Waals surface area contributed by atoms with E-state index < -0.39 is 5.41 Å². The Hall–Kier alpha value is -3.34. The number of hydrogen-bond acceptors (Lipinski definition) is 5. The second-order valence-electron chi connectivity index (χ2n) is 7.09. The number of rotatable bonds is 8. The number of hydrogen-bond donors (Lipinski definition) is 1. The lowest BCUT2D eigenvalue weighted by Gasteiger charge is -2.33. The predicted molar refractivity (Wildman–Crippen MR) is 120 cm³/mol. The van der Waals surface area contributed by atoms with E-state index in [1.165, 1.54) is 0 Å². The van der Waals surface area contributed by atoms with Crippen LogP contribution in [-0.4, -0.2) is 27.9 Å². The number of anilines is 1. The molecular weight excluding hydrogens is 378 g/mol. The lowest BCUT2D eigenvalue weighted by molar-refractivity contribution is 0.323. The number of benzene rings is 3. The molecule has 0 aliphatic rings. The summed E-state index contributed by atoms with van der Waals surface area (Å²) >= 11 is 0. The van der Waals surface area contributed by atoms with E-state index in [9.17, 15) is 0 Å². The van der Waals surface area contributed by atoms with E-state index in [2.05, 4.69) is 25.1 Å². The third-order valence-corrected chi connectivity index (χ3v) is 5.48. The summed E-state index contributed by atoms with van der Waals surface area (Å²) in [5.74, 6) is 2.45. The molecule has 2 N–H and O–H groups in total. The van der Waals surface area contributed by atoms with Crippen LogP contribution in [-0.2, 0) is 5.41 Å². The fraction of sp³-hybridized carbons (Fsp3) is 0.280. The van der Waals surface area contributed by atoms with Gasteiger partial charge in [-0.1, -0.05) is 36.4 Å². The lowest BCUT2D eigenvalue weighted by atomic mass is 9.71. The maximum absolute atomic E-state index is 6.32. The van der Waals surface area contributed by atoms with Crippen LogP contribution in [0, 0.1) is 0 Å². The van der Waals surface area contributed by atoms with Crippen molar-refractivity contribution < 1.29 is 18.9 Å². The molecule has 1 atom stereocenters. The Labute approximate surface area is 178 Å². The van der Waals surface area contributed by atoms with Crippen LogP contribution in [0.1, 0.15) is 30.5 Å². The molecule has 3 aromatic carbocycles. The Kier molecular flexibility index (Phi) is 6.40. The molecule has 0 aliphatic heterocycles. The molecule has 0 heterocycles. The van der Waals surface area contributed by atoms with Gasteiger partial charge in [0.05, 0.1) is 33.6 Å². The van der Waals surface area contributed by atoms with Crippen molar-refractivity contribution >= 4 is 5.69 Å². The summed E-state index contributed by atoms with van der Waals surface area (Å²) in [6.07, 6.45) is 0. The van der Waals surface area contributed by atoms with E-state index in [0.29, 0.717) is 35.3 Å². The van der Waals surface area contributed by atoms with Gasteiger partial charge in [-0.25, -0.2) is 0 Å². The van der Waals surface area contributed by atoms with Crippen LogP contribution < -0.4 is 24.7 Å². The summed E-state index contributed by atoms with van der Waals surface area (Å²) in [6.45, 7) is 4.67. The molecule has 0 saturated carbocycles. The molecular formula is C25H29NO4. The zero-order valence-electron chi connectivity index (χ0n) is 18.2. The Morgan fingerprint density at radius 2 is 1.37 bits per heavy atom. The largest absolute Gasteiger partial charge is 0.493 e. The van der Waals surface area contributed by atoms with Gasteiger partial charge in [0.1, 0.15) is 5.75 Å². The molecule has 3 rings (SSSR count). The molecule has 158 valence electrons. The van der Waals surface area contributed by atoms with Gasteiger partial charge in [-0.05, 0) is 54.8 Å². The highest BCUT2D eigenvalue weighted by Gasteiger charge is 2.33. The highest BCUT2D eigenvalue weighted by molar-refractivity contribution is 5.63. The van der Waals surface area contributed by atoms with Gasteiger partial charge in [0, 0.05) is 5.41 Å². The highest BCUT2D eigenvalue weighted by atomic mass is 16.5. The molecule has 0 saturated heterocycles. The minimum absolute atomic E-state index is 0.521. The van der Waals surface area contributed by atoms with Crippen molar-refractivity contribution in [1.82, 2.24) is 0 Å². The van der Waals surface area contributed by atoms with Crippen LogP contribution >= 0.6 is 0 Å². The molecule has 3 aromatic rings. The van der Waals surface area contributed by atoms with E-state index in [1.54, 1.807) is 21.3 Å². The summed E-state index contributed by atoms with van der Waals surface area (Å²) in [7, 11) is 4.84. The summed E-state index contributed by atoms with van der Waals surface area (Å²) in [4.78, 5) is 0. The average Bonchev–Trinajstić information content (AvgIpc) is 2.79. The maximum Gasteiger partial charge on any atom is 0.203 e. The number of nitrogen functional groups attached to an aromatic ring is 1. The smallest absolute Gasteiger partial charge is 0.203 e. The van der Waals surface area contributed by atoms with Crippen molar-refractivity contribution in [3.63, 3.8) is 0 Å². The Bertz CT molecular complexity index is 978. The SMILES string of the molecule is CCOc1ccc(C(C)(c2ccccc2)c2cc(OC)c(OC)c(OC)c2)cc1N.